The molecule has 2 aromatic carbocycles. The normalized spacial score (nSPS) is 14.6. The maximum atomic E-state index is 4.91. The summed E-state index contributed by atoms with van der Waals surface area (Å²) >= 11 is 2.01. The molecule has 4 aromatic rings. The number of hydrogen-bond donors (Lipinski definition) is 2. The van der Waals surface area contributed by atoms with Gasteiger partial charge in [-0.3, -0.25) is 0 Å². The number of benzene rings is 2. The number of aromatic amines is 1. The van der Waals surface area contributed by atoms with Crippen LogP contribution in [-0.2, 0) is 6.42 Å². The number of thioether (sulfide) groups is 1. The third kappa shape index (κ3) is 3.77. The van der Waals surface area contributed by atoms with E-state index in [9.17, 15) is 0 Å². The first-order valence-electron chi connectivity index (χ1n) is 10.2. The molecule has 0 aliphatic carbocycles. The van der Waals surface area contributed by atoms with E-state index < -0.39 is 0 Å². The molecule has 29 heavy (non-hydrogen) atoms. The summed E-state index contributed by atoms with van der Waals surface area (Å²) in [5.74, 6) is 4.08. The molecule has 0 saturated carbocycles. The van der Waals surface area contributed by atoms with Gasteiger partial charge in [0.2, 0.25) is 5.95 Å². The highest BCUT2D eigenvalue weighted by Gasteiger charge is 2.17. The molecule has 0 spiro atoms. The maximum Gasteiger partial charge on any atom is 0.225 e. The molecule has 2 aromatic heterocycles. The van der Waals surface area contributed by atoms with Crippen molar-refractivity contribution in [3.63, 3.8) is 0 Å². The Labute approximate surface area is 174 Å². The van der Waals surface area contributed by atoms with Gasteiger partial charge in [-0.1, -0.05) is 23.8 Å². The number of hydrogen-bond acceptors (Lipinski definition) is 5. The summed E-state index contributed by atoms with van der Waals surface area (Å²) < 4.78 is 0. The Kier molecular flexibility index (Phi) is 5.02. The molecule has 5 nitrogen and oxygen atoms in total. The highest BCUT2D eigenvalue weighted by molar-refractivity contribution is 7.99. The van der Waals surface area contributed by atoms with Crippen LogP contribution in [0.25, 0.3) is 21.8 Å². The van der Waals surface area contributed by atoms with E-state index in [4.69, 9.17) is 9.97 Å². The molecule has 0 bridgehead atoms. The largest absolute Gasteiger partial charge is 0.361 e. The van der Waals surface area contributed by atoms with E-state index in [-0.39, 0.29) is 0 Å². The van der Waals surface area contributed by atoms with Gasteiger partial charge in [-0.25, -0.2) is 4.98 Å². The average Bonchev–Trinajstić information content (AvgIpc) is 3.16. The minimum absolute atomic E-state index is 0.716. The van der Waals surface area contributed by atoms with Crippen LogP contribution >= 0.6 is 11.8 Å². The molecular weight excluding hydrogens is 378 g/mol. The number of para-hydroxylation sites is 1. The molecule has 3 heterocycles. The predicted octanol–water partition coefficient (Wildman–Crippen LogP) is 4.63. The third-order valence-corrected chi connectivity index (χ3v) is 6.44. The zero-order chi connectivity index (χ0) is 19.6. The fraction of sp³-hybridized carbons (Fsp3) is 0.304. The Bertz CT molecular complexity index is 1150. The molecule has 1 aliphatic heterocycles. The van der Waals surface area contributed by atoms with E-state index in [1.807, 2.05) is 17.8 Å². The van der Waals surface area contributed by atoms with E-state index in [2.05, 4.69) is 64.7 Å². The van der Waals surface area contributed by atoms with Gasteiger partial charge < -0.3 is 15.2 Å². The molecule has 1 aliphatic rings. The molecule has 2 N–H and O–H groups in total. The molecule has 0 amide bonds. The van der Waals surface area contributed by atoms with Crippen molar-refractivity contribution in [2.24, 2.45) is 0 Å². The molecule has 6 heteroatoms. The van der Waals surface area contributed by atoms with Crippen LogP contribution in [0.4, 0.5) is 11.8 Å². The molecule has 1 saturated heterocycles. The Morgan fingerprint density at radius 3 is 2.83 bits per heavy atom. The summed E-state index contributed by atoms with van der Waals surface area (Å²) in [6.07, 6.45) is 3.04. The number of aromatic nitrogens is 3. The van der Waals surface area contributed by atoms with Crippen LogP contribution in [0.3, 0.4) is 0 Å². The van der Waals surface area contributed by atoms with E-state index in [1.54, 1.807) is 0 Å². The minimum atomic E-state index is 0.716. The monoisotopic (exact) mass is 403 g/mol. The second-order valence-electron chi connectivity index (χ2n) is 7.53. The van der Waals surface area contributed by atoms with Crippen LogP contribution in [0, 0.1) is 6.92 Å². The van der Waals surface area contributed by atoms with Gasteiger partial charge in [0.1, 0.15) is 5.82 Å². The van der Waals surface area contributed by atoms with Gasteiger partial charge in [0, 0.05) is 53.6 Å². The van der Waals surface area contributed by atoms with E-state index in [1.165, 1.54) is 22.0 Å². The fourth-order valence-corrected chi connectivity index (χ4v) is 4.87. The number of aryl methyl sites for hydroxylation is 1. The summed E-state index contributed by atoms with van der Waals surface area (Å²) in [5, 5.41) is 5.91. The second-order valence-corrected chi connectivity index (χ2v) is 8.75. The molecule has 1 fully saturated rings. The number of rotatable bonds is 5. The van der Waals surface area contributed by atoms with E-state index in [0.717, 1.165) is 54.3 Å². The predicted molar refractivity (Wildman–Crippen MR) is 124 cm³/mol. The summed E-state index contributed by atoms with van der Waals surface area (Å²) in [7, 11) is 0. The smallest absolute Gasteiger partial charge is 0.225 e. The van der Waals surface area contributed by atoms with Gasteiger partial charge in [0.15, 0.2) is 0 Å². The van der Waals surface area contributed by atoms with E-state index >= 15 is 0 Å². The van der Waals surface area contributed by atoms with Crippen molar-refractivity contribution >= 4 is 45.3 Å². The lowest BCUT2D eigenvalue weighted by atomic mass is 10.1. The zero-order valence-corrected chi connectivity index (χ0v) is 17.4. The van der Waals surface area contributed by atoms with Crippen molar-refractivity contribution in [3.05, 3.63) is 59.8 Å². The lowest BCUT2D eigenvalue weighted by Gasteiger charge is -2.28. The number of H-pyrrole nitrogens is 1. The lowest BCUT2D eigenvalue weighted by molar-refractivity contribution is 0.841. The lowest BCUT2D eigenvalue weighted by Crippen LogP contribution is -2.33. The van der Waals surface area contributed by atoms with Gasteiger partial charge in [-0.05, 0) is 43.2 Å². The van der Waals surface area contributed by atoms with Gasteiger partial charge in [0.05, 0.1) is 5.52 Å². The summed E-state index contributed by atoms with van der Waals surface area (Å²) in [4.78, 5) is 15.4. The molecule has 0 radical (unpaired) electrons. The van der Waals surface area contributed by atoms with Crippen LogP contribution in [0.2, 0.25) is 0 Å². The Hall–Kier alpha value is -2.73. The van der Waals surface area contributed by atoms with Crippen LogP contribution < -0.4 is 10.2 Å². The second kappa shape index (κ2) is 7.95. The van der Waals surface area contributed by atoms with Crippen LogP contribution in [-0.4, -0.2) is 46.1 Å². The van der Waals surface area contributed by atoms with Crippen LogP contribution in [0.15, 0.2) is 48.7 Å². The SMILES string of the molecule is Cc1ccc2[nH]cc(CCNc3nc(N4CCSCC4)c4ccccc4n3)c2c1. The van der Waals surface area contributed by atoms with Crippen molar-refractivity contribution in [2.45, 2.75) is 13.3 Å². The standard InChI is InChI=1S/C23H25N5S/c1-16-6-7-20-19(14-16)17(15-25-20)8-9-24-23-26-21-5-3-2-4-18(21)22(27-23)28-10-12-29-13-11-28/h2-7,14-15,25H,8-13H2,1H3,(H,24,26,27). The van der Waals surface area contributed by atoms with Crippen LogP contribution in [0.1, 0.15) is 11.1 Å². The highest BCUT2D eigenvalue weighted by Crippen LogP contribution is 2.27. The highest BCUT2D eigenvalue weighted by atomic mass is 32.2. The summed E-state index contributed by atoms with van der Waals surface area (Å²) in [5.41, 5.74) is 4.80. The Balaban J connectivity index is 1.38. The number of fused-ring (bicyclic) bond motifs is 2. The molecular formula is C23H25N5S. The van der Waals surface area contributed by atoms with Crippen molar-refractivity contribution in [2.75, 3.05) is 41.4 Å². The van der Waals surface area contributed by atoms with Crippen molar-refractivity contribution in [3.8, 4) is 0 Å². The Morgan fingerprint density at radius 1 is 1.07 bits per heavy atom. The third-order valence-electron chi connectivity index (χ3n) is 5.49. The van der Waals surface area contributed by atoms with Crippen molar-refractivity contribution < 1.29 is 0 Å². The van der Waals surface area contributed by atoms with Gasteiger partial charge in [-0.15, -0.1) is 0 Å². The first kappa shape index (κ1) is 18.3. The maximum absolute atomic E-state index is 4.91. The Morgan fingerprint density at radius 2 is 1.93 bits per heavy atom. The minimum Gasteiger partial charge on any atom is -0.361 e. The van der Waals surface area contributed by atoms with Crippen LogP contribution in [0.5, 0.6) is 0 Å². The van der Waals surface area contributed by atoms with E-state index in [0.29, 0.717) is 5.95 Å². The zero-order valence-electron chi connectivity index (χ0n) is 16.6. The van der Waals surface area contributed by atoms with Crippen molar-refractivity contribution in [1.82, 2.24) is 15.0 Å². The summed E-state index contributed by atoms with van der Waals surface area (Å²) in [6.45, 7) is 5.02. The molecule has 0 atom stereocenters. The van der Waals surface area contributed by atoms with Crippen molar-refractivity contribution in [1.29, 1.82) is 0 Å². The fourth-order valence-electron chi connectivity index (χ4n) is 3.96. The molecule has 148 valence electrons. The molecule has 5 rings (SSSR count). The topological polar surface area (TPSA) is 56.8 Å². The van der Waals surface area contributed by atoms with Gasteiger partial charge in [-0.2, -0.15) is 16.7 Å². The molecule has 0 unspecified atom stereocenters. The number of nitrogens with one attached hydrogen (secondary N) is 2. The first-order valence-corrected chi connectivity index (χ1v) is 11.3. The first-order chi connectivity index (χ1) is 14.3. The van der Waals surface area contributed by atoms with Gasteiger partial charge >= 0.3 is 0 Å². The quantitative estimate of drug-likeness (QED) is 0.509. The number of anilines is 2. The average molecular weight is 404 g/mol. The number of nitrogens with zero attached hydrogens (tertiary/aromatic N) is 3. The summed E-state index contributed by atoms with van der Waals surface area (Å²) in [6, 6.07) is 14.9. The van der Waals surface area contributed by atoms with Gasteiger partial charge in [0.25, 0.3) is 0 Å².